The van der Waals surface area contributed by atoms with E-state index in [1.165, 1.54) is 13.2 Å². The summed E-state index contributed by atoms with van der Waals surface area (Å²) in [6.45, 7) is 0.465. The Balaban J connectivity index is 1.74. The number of ether oxygens (including phenoxy) is 2. The molecule has 1 aromatic heterocycles. The number of nitrogens with zero attached hydrogens (tertiary/aromatic N) is 3. The lowest BCUT2D eigenvalue weighted by Crippen LogP contribution is -2.04. The van der Waals surface area contributed by atoms with Crippen molar-refractivity contribution >= 4 is 17.5 Å². The molecule has 0 radical (unpaired) electrons. The van der Waals surface area contributed by atoms with Gasteiger partial charge >= 0.3 is 0 Å². The second-order valence-electron chi connectivity index (χ2n) is 5.08. The minimum atomic E-state index is -0.335. The third-order valence-corrected chi connectivity index (χ3v) is 3.70. The number of benzene rings is 2. The van der Waals surface area contributed by atoms with Crippen molar-refractivity contribution in [2.75, 3.05) is 12.4 Å². The molecule has 2 N–H and O–H groups in total. The van der Waals surface area contributed by atoms with Crippen LogP contribution in [-0.4, -0.2) is 27.7 Å². The van der Waals surface area contributed by atoms with Crippen LogP contribution in [0.25, 0.3) is 0 Å². The van der Waals surface area contributed by atoms with E-state index in [0.717, 1.165) is 5.56 Å². The highest BCUT2D eigenvalue weighted by Gasteiger charge is 2.13. The van der Waals surface area contributed by atoms with Crippen molar-refractivity contribution in [3.8, 4) is 11.5 Å². The molecule has 130 valence electrons. The first-order valence-corrected chi connectivity index (χ1v) is 7.75. The summed E-state index contributed by atoms with van der Waals surface area (Å²) in [6.07, 6.45) is 0. The van der Waals surface area contributed by atoms with Crippen molar-refractivity contribution in [3.63, 3.8) is 0 Å². The molecule has 9 heteroatoms. The van der Waals surface area contributed by atoms with Crippen molar-refractivity contribution in [1.82, 2.24) is 20.6 Å². The summed E-state index contributed by atoms with van der Waals surface area (Å²) in [4.78, 5) is 0. The van der Waals surface area contributed by atoms with Crippen LogP contribution in [0.4, 0.5) is 10.3 Å². The van der Waals surface area contributed by atoms with Gasteiger partial charge in [0, 0.05) is 12.1 Å². The smallest absolute Gasteiger partial charge is 0.263 e. The number of hydrogen-bond acceptors (Lipinski definition) is 6. The highest BCUT2D eigenvalue weighted by Crippen LogP contribution is 2.37. The van der Waals surface area contributed by atoms with Gasteiger partial charge in [-0.3, -0.25) is 0 Å². The van der Waals surface area contributed by atoms with Gasteiger partial charge in [0.05, 0.1) is 12.1 Å². The Morgan fingerprint density at radius 2 is 2.12 bits per heavy atom. The molecule has 0 saturated heterocycles. The van der Waals surface area contributed by atoms with E-state index >= 15 is 0 Å². The van der Waals surface area contributed by atoms with Gasteiger partial charge in [0.25, 0.3) is 5.95 Å². The molecule has 0 aliphatic heterocycles. The average Bonchev–Trinajstić information content (AvgIpc) is 3.13. The number of tetrazole rings is 1. The van der Waals surface area contributed by atoms with Gasteiger partial charge in [-0.2, -0.15) is 5.21 Å². The Kier molecular flexibility index (Phi) is 5.30. The first-order chi connectivity index (χ1) is 12.2. The maximum absolute atomic E-state index is 13.7. The van der Waals surface area contributed by atoms with E-state index in [9.17, 15) is 4.39 Å². The Morgan fingerprint density at radius 1 is 1.28 bits per heavy atom. The predicted molar refractivity (Wildman–Crippen MR) is 90.2 cm³/mol. The Labute approximate surface area is 148 Å². The predicted octanol–water partition coefficient (Wildman–Crippen LogP) is 3.19. The molecule has 0 spiro atoms. The molecule has 0 amide bonds. The molecule has 3 aromatic rings. The van der Waals surface area contributed by atoms with Crippen LogP contribution >= 0.6 is 11.6 Å². The van der Waals surface area contributed by atoms with Crippen LogP contribution in [0.5, 0.6) is 11.5 Å². The van der Waals surface area contributed by atoms with Gasteiger partial charge in [-0.1, -0.05) is 34.9 Å². The summed E-state index contributed by atoms with van der Waals surface area (Å²) < 4.78 is 24.7. The van der Waals surface area contributed by atoms with Crippen LogP contribution in [0, 0.1) is 5.82 Å². The summed E-state index contributed by atoms with van der Waals surface area (Å²) in [5, 5.41) is 16.8. The molecule has 7 nitrogen and oxygen atoms in total. The van der Waals surface area contributed by atoms with Crippen LogP contribution in [-0.2, 0) is 13.2 Å². The molecule has 3 rings (SSSR count). The van der Waals surface area contributed by atoms with Crippen molar-refractivity contribution in [3.05, 3.63) is 58.4 Å². The molecule has 0 aliphatic carbocycles. The summed E-state index contributed by atoms with van der Waals surface area (Å²) in [5.41, 5.74) is 1.27. The van der Waals surface area contributed by atoms with E-state index < -0.39 is 0 Å². The molecular weight excluding hydrogens is 349 g/mol. The van der Waals surface area contributed by atoms with E-state index in [2.05, 4.69) is 25.9 Å². The first-order valence-electron chi connectivity index (χ1n) is 7.37. The normalized spacial score (nSPS) is 10.5. The molecule has 0 fully saturated rings. The monoisotopic (exact) mass is 363 g/mol. The van der Waals surface area contributed by atoms with Crippen molar-refractivity contribution in [2.45, 2.75) is 13.2 Å². The van der Waals surface area contributed by atoms with Gasteiger partial charge in [0.2, 0.25) is 0 Å². The number of nitrogens with one attached hydrogen (secondary N) is 2. The molecular formula is C16H15ClFN5O2. The molecule has 25 heavy (non-hydrogen) atoms. The zero-order chi connectivity index (χ0) is 17.6. The Hall–Kier alpha value is -2.87. The number of rotatable bonds is 7. The minimum absolute atomic E-state index is 0.0449. The fourth-order valence-corrected chi connectivity index (χ4v) is 2.49. The zero-order valence-corrected chi connectivity index (χ0v) is 14.0. The van der Waals surface area contributed by atoms with Gasteiger partial charge in [0.15, 0.2) is 11.5 Å². The number of methoxy groups -OCH3 is 1. The summed E-state index contributed by atoms with van der Waals surface area (Å²) >= 11 is 6.30. The van der Waals surface area contributed by atoms with Gasteiger partial charge in [-0.15, -0.1) is 5.10 Å². The van der Waals surface area contributed by atoms with Crippen LogP contribution < -0.4 is 14.8 Å². The molecule has 0 bridgehead atoms. The van der Waals surface area contributed by atoms with Gasteiger partial charge < -0.3 is 14.8 Å². The summed E-state index contributed by atoms with van der Waals surface area (Å²) in [5.74, 6) is 0.845. The second-order valence-corrected chi connectivity index (χ2v) is 5.49. The highest BCUT2D eigenvalue weighted by molar-refractivity contribution is 6.32. The van der Waals surface area contributed by atoms with E-state index in [4.69, 9.17) is 21.1 Å². The number of anilines is 1. The summed E-state index contributed by atoms with van der Waals surface area (Å²) in [6, 6.07) is 9.90. The quantitative estimate of drug-likeness (QED) is 0.670. The number of aromatic nitrogens is 4. The van der Waals surface area contributed by atoms with E-state index in [1.54, 1.807) is 30.3 Å². The lowest BCUT2D eigenvalue weighted by molar-refractivity contribution is 0.280. The minimum Gasteiger partial charge on any atom is -0.493 e. The highest BCUT2D eigenvalue weighted by atomic mass is 35.5. The first kappa shape index (κ1) is 17.0. The van der Waals surface area contributed by atoms with Crippen molar-refractivity contribution in [1.29, 1.82) is 0 Å². The maximum Gasteiger partial charge on any atom is 0.263 e. The van der Waals surface area contributed by atoms with Crippen LogP contribution in [0.3, 0.4) is 0 Å². The second kappa shape index (κ2) is 7.80. The number of H-pyrrole nitrogens is 1. The Morgan fingerprint density at radius 3 is 2.84 bits per heavy atom. The molecule has 0 unspecified atom stereocenters. The van der Waals surface area contributed by atoms with E-state index in [-0.39, 0.29) is 12.4 Å². The van der Waals surface area contributed by atoms with E-state index in [1.807, 2.05) is 0 Å². The topological polar surface area (TPSA) is 85.0 Å². The van der Waals surface area contributed by atoms with Crippen LogP contribution in [0.1, 0.15) is 11.1 Å². The number of aromatic amines is 1. The van der Waals surface area contributed by atoms with Crippen molar-refractivity contribution < 1.29 is 13.9 Å². The van der Waals surface area contributed by atoms with Gasteiger partial charge in [-0.25, -0.2) is 4.39 Å². The zero-order valence-electron chi connectivity index (χ0n) is 13.3. The molecule has 2 aromatic carbocycles. The van der Waals surface area contributed by atoms with Gasteiger partial charge in [0.1, 0.15) is 12.4 Å². The number of hydrogen-bond donors (Lipinski definition) is 2. The largest absolute Gasteiger partial charge is 0.493 e. The third kappa shape index (κ3) is 4.16. The molecule has 1 heterocycles. The SMILES string of the molecule is COc1cc(CNc2nn[nH]n2)cc(Cl)c1OCc1ccccc1F. The lowest BCUT2D eigenvalue weighted by Gasteiger charge is -2.14. The van der Waals surface area contributed by atoms with E-state index in [0.29, 0.717) is 34.6 Å². The summed E-state index contributed by atoms with van der Waals surface area (Å²) in [7, 11) is 1.51. The molecule has 0 atom stereocenters. The third-order valence-electron chi connectivity index (χ3n) is 3.42. The average molecular weight is 364 g/mol. The fourth-order valence-electron chi connectivity index (χ4n) is 2.20. The number of halogens is 2. The molecule has 0 saturated carbocycles. The van der Waals surface area contributed by atoms with Crippen LogP contribution in [0.15, 0.2) is 36.4 Å². The standard InChI is InChI=1S/C16H15ClFN5O2/c1-24-14-7-10(8-19-16-20-22-23-21-16)6-12(17)15(14)25-9-11-4-2-3-5-13(11)18/h2-7H,8-9H2,1H3,(H2,19,20,21,22,23). The molecule has 0 aliphatic rings. The van der Waals surface area contributed by atoms with Gasteiger partial charge in [-0.05, 0) is 29.0 Å². The fraction of sp³-hybridized carbons (Fsp3) is 0.188. The van der Waals surface area contributed by atoms with Crippen molar-refractivity contribution in [2.24, 2.45) is 0 Å². The van der Waals surface area contributed by atoms with Crippen LogP contribution in [0.2, 0.25) is 5.02 Å². The Bertz CT molecular complexity index is 845. The lowest BCUT2D eigenvalue weighted by atomic mass is 10.2. The maximum atomic E-state index is 13.7.